The number of nitrogens with zero attached hydrogens (tertiary/aromatic N) is 1. The zero-order valence-electron chi connectivity index (χ0n) is 9.27. The van der Waals surface area contributed by atoms with E-state index in [2.05, 4.69) is 13.8 Å². The van der Waals surface area contributed by atoms with Crippen molar-refractivity contribution in [3.63, 3.8) is 0 Å². The number of thioether (sulfide) groups is 1. The standard InChI is InChI=1S/C12H13NO2S/c1-8(2)9-3-5-10(6-4-9)13-11(14)7-16-12(13)15/h3-6,8H,7H2,1-2H3. The molecule has 1 aliphatic heterocycles. The maximum atomic E-state index is 11.5. The predicted octanol–water partition coefficient (Wildman–Crippen LogP) is 3.01. The Hall–Kier alpha value is -1.29. The summed E-state index contributed by atoms with van der Waals surface area (Å²) >= 11 is 1.06. The van der Waals surface area contributed by atoms with Crippen LogP contribution in [0, 0.1) is 0 Å². The fourth-order valence-electron chi connectivity index (χ4n) is 1.61. The van der Waals surface area contributed by atoms with Crippen molar-refractivity contribution in [3.8, 4) is 0 Å². The van der Waals surface area contributed by atoms with E-state index in [1.807, 2.05) is 24.3 Å². The molecule has 0 radical (unpaired) electrons. The molecule has 1 heterocycles. The smallest absolute Gasteiger partial charge is 0.273 e. The highest BCUT2D eigenvalue weighted by atomic mass is 32.2. The van der Waals surface area contributed by atoms with Gasteiger partial charge in [0.25, 0.3) is 5.24 Å². The minimum Gasteiger partial charge on any atom is -0.273 e. The van der Waals surface area contributed by atoms with Crippen LogP contribution in [0.4, 0.5) is 10.5 Å². The van der Waals surface area contributed by atoms with E-state index in [-0.39, 0.29) is 16.9 Å². The van der Waals surface area contributed by atoms with Crippen LogP contribution in [0.25, 0.3) is 0 Å². The van der Waals surface area contributed by atoms with E-state index in [0.717, 1.165) is 11.8 Å². The Bertz CT molecular complexity index is 409. The number of hydrogen-bond donors (Lipinski definition) is 0. The summed E-state index contributed by atoms with van der Waals surface area (Å²) in [5.74, 6) is 0.575. The molecule has 0 unspecified atom stereocenters. The highest BCUT2D eigenvalue weighted by Gasteiger charge is 2.31. The van der Waals surface area contributed by atoms with Crippen molar-refractivity contribution in [2.75, 3.05) is 10.7 Å². The van der Waals surface area contributed by atoms with E-state index in [9.17, 15) is 9.59 Å². The summed E-state index contributed by atoms with van der Waals surface area (Å²) in [4.78, 5) is 24.2. The highest BCUT2D eigenvalue weighted by molar-refractivity contribution is 8.15. The molecule has 0 atom stereocenters. The Morgan fingerprint density at radius 1 is 1.19 bits per heavy atom. The first-order valence-corrected chi connectivity index (χ1v) is 6.18. The molecule has 4 heteroatoms. The summed E-state index contributed by atoms with van der Waals surface area (Å²) in [6, 6.07) is 7.58. The Kier molecular flexibility index (Phi) is 3.01. The minimum absolute atomic E-state index is 0.132. The van der Waals surface area contributed by atoms with Gasteiger partial charge in [-0.2, -0.15) is 0 Å². The van der Waals surface area contributed by atoms with Gasteiger partial charge in [-0.05, 0) is 23.6 Å². The average molecular weight is 235 g/mol. The Morgan fingerprint density at radius 2 is 1.81 bits per heavy atom. The van der Waals surface area contributed by atoms with Gasteiger partial charge in [0, 0.05) is 0 Å². The lowest BCUT2D eigenvalue weighted by molar-refractivity contribution is -0.115. The van der Waals surface area contributed by atoms with Gasteiger partial charge in [-0.3, -0.25) is 9.59 Å². The maximum absolute atomic E-state index is 11.5. The van der Waals surface area contributed by atoms with Crippen LogP contribution in [-0.4, -0.2) is 16.9 Å². The number of amides is 2. The number of rotatable bonds is 2. The molecule has 0 saturated carbocycles. The molecule has 84 valence electrons. The van der Waals surface area contributed by atoms with Gasteiger partial charge in [-0.1, -0.05) is 37.7 Å². The Labute approximate surface area is 98.8 Å². The third-order valence-electron chi connectivity index (χ3n) is 2.57. The molecule has 1 saturated heterocycles. The molecule has 3 nitrogen and oxygen atoms in total. The molecule has 1 fully saturated rings. The van der Waals surface area contributed by atoms with Gasteiger partial charge in [0.05, 0.1) is 11.4 Å². The second-order valence-corrected chi connectivity index (χ2v) is 4.96. The largest absolute Gasteiger partial charge is 0.293 e. The highest BCUT2D eigenvalue weighted by Crippen LogP contribution is 2.27. The summed E-state index contributed by atoms with van der Waals surface area (Å²) < 4.78 is 0. The molecule has 1 aromatic rings. The van der Waals surface area contributed by atoms with E-state index >= 15 is 0 Å². The lowest BCUT2D eigenvalue weighted by atomic mass is 10.0. The van der Waals surface area contributed by atoms with E-state index in [1.54, 1.807) is 0 Å². The predicted molar refractivity (Wildman–Crippen MR) is 65.9 cm³/mol. The van der Waals surface area contributed by atoms with Gasteiger partial charge < -0.3 is 0 Å². The number of anilines is 1. The van der Waals surface area contributed by atoms with Gasteiger partial charge in [0.1, 0.15) is 0 Å². The quantitative estimate of drug-likeness (QED) is 0.790. The first-order valence-electron chi connectivity index (χ1n) is 5.19. The van der Waals surface area contributed by atoms with E-state index in [0.29, 0.717) is 11.6 Å². The van der Waals surface area contributed by atoms with Crippen LogP contribution >= 0.6 is 11.8 Å². The van der Waals surface area contributed by atoms with Crippen molar-refractivity contribution < 1.29 is 9.59 Å². The zero-order chi connectivity index (χ0) is 11.7. The van der Waals surface area contributed by atoms with Crippen LogP contribution in [0.2, 0.25) is 0 Å². The van der Waals surface area contributed by atoms with Crippen LogP contribution in [0.1, 0.15) is 25.3 Å². The van der Waals surface area contributed by atoms with E-state index < -0.39 is 0 Å². The second-order valence-electron chi connectivity index (χ2n) is 4.03. The van der Waals surface area contributed by atoms with Gasteiger partial charge in [0.2, 0.25) is 5.91 Å². The summed E-state index contributed by atoms with van der Waals surface area (Å²) in [6.07, 6.45) is 0. The molecule has 1 aromatic carbocycles. The summed E-state index contributed by atoms with van der Waals surface area (Å²) in [6.45, 7) is 4.22. The molecule has 0 aliphatic carbocycles. The molecule has 2 amide bonds. The molecular formula is C12H13NO2S. The lowest BCUT2D eigenvalue weighted by Gasteiger charge is -2.14. The third-order valence-corrected chi connectivity index (χ3v) is 3.39. The second kappa shape index (κ2) is 4.29. The van der Waals surface area contributed by atoms with Gasteiger partial charge in [-0.15, -0.1) is 0 Å². The molecule has 0 bridgehead atoms. The van der Waals surface area contributed by atoms with Crippen molar-refractivity contribution >= 4 is 28.6 Å². The maximum Gasteiger partial charge on any atom is 0.293 e. The Morgan fingerprint density at radius 3 is 2.25 bits per heavy atom. The normalized spacial score (nSPS) is 16.3. The van der Waals surface area contributed by atoms with Crippen molar-refractivity contribution in [2.24, 2.45) is 0 Å². The minimum atomic E-state index is -0.178. The monoisotopic (exact) mass is 235 g/mol. The molecule has 2 rings (SSSR count). The van der Waals surface area contributed by atoms with Crippen molar-refractivity contribution in [2.45, 2.75) is 19.8 Å². The van der Waals surface area contributed by atoms with Gasteiger partial charge in [-0.25, -0.2) is 4.90 Å². The first-order chi connectivity index (χ1) is 7.59. The van der Waals surface area contributed by atoms with Gasteiger partial charge in [0.15, 0.2) is 0 Å². The molecular weight excluding hydrogens is 222 g/mol. The summed E-state index contributed by atoms with van der Waals surface area (Å²) in [5.41, 5.74) is 1.87. The third kappa shape index (κ3) is 1.97. The average Bonchev–Trinajstić information content (AvgIpc) is 2.59. The van der Waals surface area contributed by atoms with Crippen LogP contribution in [0.3, 0.4) is 0 Å². The fourth-order valence-corrected chi connectivity index (χ4v) is 2.32. The Balaban J connectivity index is 2.28. The summed E-state index contributed by atoms with van der Waals surface area (Å²) in [7, 11) is 0. The molecule has 0 spiro atoms. The van der Waals surface area contributed by atoms with Crippen molar-refractivity contribution in [1.82, 2.24) is 0 Å². The fraction of sp³-hybridized carbons (Fsp3) is 0.333. The number of carbonyl (C=O) groups is 2. The number of carbonyl (C=O) groups excluding carboxylic acids is 2. The number of imide groups is 1. The zero-order valence-corrected chi connectivity index (χ0v) is 10.1. The van der Waals surface area contributed by atoms with Crippen LogP contribution in [0.5, 0.6) is 0 Å². The molecule has 1 aliphatic rings. The van der Waals surface area contributed by atoms with E-state index in [1.165, 1.54) is 10.5 Å². The van der Waals surface area contributed by atoms with Crippen LogP contribution in [-0.2, 0) is 4.79 Å². The summed E-state index contributed by atoms with van der Waals surface area (Å²) in [5, 5.41) is -0.178. The van der Waals surface area contributed by atoms with Crippen molar-refractivity contribution in [1.29, 1.82) is 0 Å². The van der Waals surface area contributed by atoms with Crippen molar-refractivity contribution in [3.05, 3.63) is 29.8 Å². The molecule has 0 aromatic heterocycles. The lowest BCUT2D eigenvalue weighted by Crippen LogP contribution is -2.27. The SMILES string of the molecule is CC(C)c1ccc(N2C(=O)CSC2=O)cc1. The van der Waals surface area contributed by atoms with Gasteiger partial charge >= 0.3 is 0 Å². The van der Waals surface area contributed by atoms with E-state index in [4.69, 9.17) is 0 Å². The van der Waals surface area contributed by atoms with Crippen LogP contribution < -0.4 is 4.90 Å². The molecule has 0 N–H and O–H groups in total. The topological polar surface area (TPSA) is 37.4 Å². The number of hydrogen-bond acceptors (Lipinski definition) is 3. The molecule has 16 heavy (non-hydrogen) atoms. The van der Waals surface area contributed by atoms with Crippen LogP contribution in [0.15, 0.2) is 24.3 Å². The number of benzene rings is 1. The first kappa shape index (κ1) is 11.2.